The molecule has 3 aromatic heterocycles. The Kier molecular flexibility index (Phi) is 4.91. The summed E-state index contributed by atoms with van der Waals surface area (Å²) in [5.41, 5.74) is 6.47. The van der Waals surface area contributed by atoms with Crippen LogP contribution in [0.4, 0.5) is 5.69 Å². The van der Waals surface area contributed by atoms with Crippen molar-refractivity contribution in [2.75, 3.05) is 11.1 Å². The van der Waals surface area contributed by atoms with Gasteiger partial charge in [-0.25, -0.2) is 4.52 Å². The maximum atomic E-state index is 12.5. The molecule has 2 aromatic carbocycles. The van der Waals surface area contributed by atoms with Gasteiger partial charge in [0.1, 0.15) is 5.52 Å². The summed E-state index contributed by atoms with van der Waals surface area (Å²) in [6.07, 6.45) is 3.74. The van der Waals surface area contributed by atoms with Gasteiger partial charge in [-0.2, -0.15) is 5.10 Å². The highest BCUT2D eigenvalue weighted by molar-refractivity contribution is 7.99. The number of carbonyl (C=O) groups is 1. The van der Waals surface area contributed by atoms with E-state index in [1.165, 1.54) is 11.8 Å². The molecule has 0 unspecified atom stereocenters. The molecule has 1 N–H and O–H groups in total. The predicted octanol–water partition coefficient (Wildman–Crippen LogP) is 4.39. The first kappa shape index (κ1) is 19.3. The van der Waals surface area contributed by atoms with Gasteiger partial charge in [-0.15, -0.1) is 10.2 Å². The van der Waals surface area contributed by atoms with Crippen LogP contribution >= 0.6 is 11.8 Å². The fourth-order valence-corrected chi connectivity index (χ4v) is 4.14. The first-order chi connectivity index (χ1) is 15.1. The van der Waals surface area contributed by atoms with Crippen molar-refractivity contribution in [3.63, 3.8) is 0 Å². The third-order valence-electron chi connectivity index (χ3n) is 5.06. The number of hydrogen-bond acceptors (Lipinski definition) is 5. The van der Waals surface area contributed by atoms with E-state index >= 15 is 0 Å². The van der Waals surface area contributed by atoms with Crippen molar-refractivity contribution < 1.29 is 4.79 Å². The highest BCUT2D eigenvalue weighted by Crippen LogP contribution is 2.24. The first-order valence-corrected chi connectivity index (χ1v) is 10.9. The highest BCUT2D eigenvalue weighted by atomic mass is 32.2. The maximum Gasteiger partial charge on any atom is 0.234 e. The number of nitrogens with one attached hydrogen (secondary N) is 1. The lowest BCUT2D eigenvalue weighted by Gasteiger charge is -2.09. The molecule has 5 aromatic rings. The van der Waals surface area contributed by atoms with Gasteiger partial charge in [0, 0.05) is 23.6 Å². The van der Waals surface area contributed by atoms with Crippen LogP contribution in [-0.4, -0.2) is 35.9 Å². The van der Waals surface area contributed by atoms with Crippen molar-refractivity contribution in [1.82, 2.24) is 24.2 Å². The number of anilines is 1. The normalized spacial score (nSPS) is 11.3. The molecule has 5 rings (SSSR count). The van der Waals surface area contributed by atoms with Crippen molar-refractivity contribution in [2.24, 2.45) is 0 Å². The Morgan fingerprint density at radius 2 is 1.87 bits per heavy atom. The zero-order valence-corrected chi connectivity index (χ0v) is 17.9. The van der Waals surface area contributed by atoms with E-state index in [0.717, 1.165) is 33.6 Å². The van der Waals surface area contributed by atoms with E-state index < -0.39 is 0 Å². The minimum atomic E-state index is -0.0766. The molecule has 1 amide bonds. The lowest BCUT2D eigenvalue weighted by Crippen LogP contribution is -2.15. The van der Waals surface area contributed by atoms with Gasteiger partial charge in [0.15, 0.2) is 10.8 Å². The van der Waals surface area contributed by atoms with Crippen molar-refractivity contribution >= 4 is 34.5 Å². The first-order valence-electron chi connectivity index (χ1n) is 9.87. The van der Waals surface area contributed by atoms with Crippen LogP contribution < -0.4 is 5.32 Å². The average molecular weight is 429 g/mol. The van der Waals surface area contributed by atoms with Crippen molar-refractivity contribution in [2.45, 2.75) is 19.0 Å². The third kappa shape index (κ3) is 3.77. The molecule has 7 nitrogen and oxygen atoms in total. The number of hydrogen-bond donors (Lipinski definition) is 1. The Morgan fingerprint density at radius 3 is 2.71 bits per heavy atom. The predicted molar refractivity (Wildman–Crippen MR) is 122 cm³/mol. The second kappa shape index (κ2) is 7.88. The van der Waals surface area contributed by atoms with Gasteiger partial charge in [-0.05, 0) is 37.1 Å². The van der Waals surface area contributed by atoms with E-state index in [9.17, 15) is 4.79 Å². The molecular formula is C23H20N6OS. The van der Waals surface area contributed by atoms with Crippen LogP contribution in [0.5, 0.6) is 0 Å². The molecule has 3 heterocycles. The van der Waals surface area contributed by atoms with Crippen LogP contribution in [0.2, 0.25) is 0 Å². The number of aromatic nitrogens is 5. The number of thioether (sulfide) groups is 1. The molecule has 31 heavy (non-hydrogen) atoms. The summed E-state index contributed by atoms with van der Waals surface area (Å²) in [5.74, 6) is 0.167. The van der Waals surface area contributed by atoms with Crippen LogP contribution in [-0.2, 0) is 4.79 Å². The number of aryl methyl sites for hydroxylation is 2. The Balaban J connectivity index is 1.37. The topological polar surface area (TPSA) is 76.6 Å². The van der Waals surface area contributed by atoms with Crippen LogP contribution in [0.1, 0.15) is 11.1 Å². The molecule has 0 spiro atoms. The van der Waals surface area contributed by atoms with Crippen LogP contribution in [0, 0.1) is 13.8 Å². The highest BCUT2D eigenvalue weighted by Gasteiger charge is 2.14. The summed E-state index contributed by atoms with van der Waals surface area (Å²) < 4.78 is 3.69. The zero-order valence-electron chi connectivity index (χ0n) is 17.1. The summed E-state index contributed by atoms with van der Waals surface area (Å²) in [4.78, 5) is 12.5. The molecule has 0 fully saturated rings. The van der Waals surface area contributed by atoms with E-state index in [1.807, 2.05) is 85.2 Å². The number of fused-ring (bicyclic) bond motifs is 3. The molecule has 0 aliphatic rings. The Hall–Kier alpha value is -3.65. The molecule has 0 radical (unpaired) electrons. The van der Waals surface area contributed by atoms with Gasteiger partial charge in [-0.1, -0.05) is 54.2 Å². The van der Waals surface area contributed by atoms with Crippen molar-refractivity contribution in [3.05, 3.63) is 78.1 Å². The standard InChI is InChI=1S/C23H20N6OS/c1-15-8-9-16(2)18(12-15)24-21(30)14-31-23-26-25-22-20-13-19(17-6-4-3-5-7-17)27-29(20)11-10-28(22)23/h3-13H,14H2,1-2H3,(H,24,30). The van der Waals surface area contributed by atoms with E-state index in [-0.39, 0.29) is 11.7 Å². The lowest BCUT2D eigenvalue weighted by atomic mass is 10.1. The monoisotopic (exact) mass is 428 g/mol. The summed E-state index contributed by atoms with van der Waals surface area (Å²) in [7, 11) is 0. The quantitative estimate of drug-likeness (QED) is 0.420. The second-order valence-electron chi connectivity index (χ2n) is 7.35. The molecule has 0 aliphatic heterocycles. The zero-order chi connectivity index (χ0) is 21.4. The number of nitrogens with zero attached hydrogens (tertiary/aromatic N) is 5. The number of amides is 1. The van der Waals surface area contributed by atoms with Crippen LogP contribution in [0.25, 0.3) is 22.4 Å². The minimum absolute atomic E-state index is 0.0766. The van der Waals surface area contributed by atoms with E-state index in [4.69, 9.17) is 0 Å². The Morgan fingerprint density at radius 1 is 1.03 bits per heavy atom. The molecule has 0 saturated carbocycles. The molecule has 0 saturated heterocycles. The fourth-order valence-electron chi connectivity index (χ4n) is 3.43. The van der Waals surface area contributed by atoms with E-state index in [2.05, 4.69) is 20.6 Å². The smallest absolute Gasteiger partial charge is 0.234 e. The Labute approximate surface area is 183 Å². The van der Waals surface area contributed by atoms with Gasteiger partial charge in [0.25, 0.3) is 0 Å². The lowest BCUT2D eigenvalue weighted by molar-refractivity contribution is -0.113. The fraction of sp³-hybridized carbons (Fsp3) is 0.130. The van der Waals surface area contributed by atoms with Gasteiger partial charge in [-0.3, -0.25) is 9.20 Å². The molecular weight excluding hydrogens is 408 g/mol. The summed E-state index contributed by atoms with van der Waals surface area (Å²) in [6, 6.07) is 18.0. The maximum absolute atomic E-state index is 12.5. The van der Waals surface area contributed by atoms with Gasteiger partial charge in [0.2, 0.25) is 5.91 Å². The molecule has 0 aliphatic carbocycles. The largest absolute Gasteiger partial charge is 0.325 e. The van der Waals surface area contributed by atoms with Gasteiger partial charge in [0.05, 0.1) is 11.4 Å². The average Bonchev–Trinajstić information content (AvgIpc) is 3.39. The SMILES string of the molecule is Cc1ccc(C)c(NC(=O)CSc2nnc3c4cc(-c5ccccc5)nn4ccn23)c1. The molecule has 154 valence electrons. The summed E-state index contributed by atoms with van der Waals surface area (Å²) in [6.45, 7) is 3.99. The van der Waals surface area contributed by atoms with E-state index in [0.29, 0.717) is 10.8 Å². The van der Waals surface area contributed by atoms with E-state index in [1.54, 1.807) is 4.52 Å². The van der Waals surface area contributed by atoms with Gasteiger partial charge < -0.3 is 5.32 Å². The number of rotatable bonds is 5. The number of carbonyl (C=O) groups excluding carboxylic acids is 1. The second-order valence-corrected chi connectivity index (χ2v) is 8.30. The number of benzene rings is 2. The summed E-state index contributed by atoms with van der Waals surface area (Å²) in [5, 5.41) is 16.9. The molecule has 8 heteroatoms. The van der Waals surface area contributed by atoms with Crippen molar-refractivity contribution in [1.29, 1.82) is 0 Å². The van der Waals surface area contributed by atoms with Crippen LogP contribution in [0.15, 0.2) is 72.1 Å². The molecule has 0 bridgehead atoms. The van der Waals surface area contributed by atoms with Gasteiger partial charge >= 0.3 is 0 Å². The van der Waals surface area contributed by atoms with Crippen molar-refractivity contribution in [3.8, 4) is 11.3 Å². The molecule has 0 atom stereocenters. The minimum Gasteiger partial charge on any atom is -0.325 e. The Bertz CT molecular complexity index is 1410. The summed E-state index contributed by atoms with van der Waals surface area (Å²) >= 11 is 1.35. The third-order valence-corrected chi connectivity index (χ3v) is 6.00. The van der Waals surface area contributed by atoms with Crippen LogP contribution in [0.3, 0.4) is 0 Å².